The van der Waals surface area contributed by atoms with Gasteiger partial charge in [-0.3, -0.25) is 4.79 Å². The molecule has 0 spiro atoms. The maximum atomic E-state index is 12.4. The van der Waals surface area contributed by atoms with Gasteiger partial charge in [-0.1, -0.05) is 6.07 Å². The van der Waals surface area contributed by atoms with Crippen LogP contribution in [0.1, 0.15) is 29.3 Å². The van der Waals surface area contributed by atoms with Crippen LogP contribution in [0.4, 0.5) is 0 Å². The highest BCUT2D eigenvalue weighted by atomic mass is 32.2. The summed E-state index contributed by atoms with van der Waals surface area (Å²) in [6, 6.07) is 4.52. The van der Waals surface area contributed by atoms with Crippen LogP contribution in [0.2, 0.25) is 0 Å². The third kappa shape index (κ3) is 4.50. The predicted molar refractivity (Wildman–Crippen MR) is 92.4 cm³/mol. The van der Waals surface area contributed by atoms with Crippen LogP contribution in [-0.2, 0) is 19.4 Å². The molecule has 1 amide bonds. The number of ether oxygens (including phenoxy) is 2. The topological polar surface area (TPSA) is 90.0 Å². The van der Waals surface area contributed by atoms with E-state index in [-0.39, 0.29) is 23.1 Å². The molecular formula is C17H23NO6S. The minimum absolute atomic E-state index is 0.0505. The highest BCUT2D eigenvalue weighted by Gasteiger charge is 2.35. The number of benzene rings is 1. The van der Waals surface area contributed by atoms with Crippen molar-refractivity contribution in [3.63, 3.8) is 0 Å². The van der Waals surface area contributed by atoms with Gasteiger partial charge in [0.1, 0.15) is 5.75 Å². The molecule has 1 saturated heterocycles. The third-order valence-corrected chi connectivity index (χ3v) is 6.13. The van der Waals surface area contributed by atoms with Crippen LogP contribution in [0.15, 0.2) is 18.2 Å². The van der Waals surface area contributed by atoms with Crippen molar-refractivity contribution in [3.05, 3.63) is 29.3 Å². The fourth-order valence-corrected chi connectivity index (χ4v) is 4.55. The van der Waals surface area contributed by atoms with Gasteiger partial charge in [0.05, 0.1) is 24.2 Å². The predicted octanol–water partition coefficient (Wildman–Crippen LogP) is 1.19. The maximum absolute atomic E-state index is 12.4. The van der Waals surface area contributed by atoms with Crippen LogP contribution in [0.5, 0.6) is 5.75 Å². The molecule has 1 aliphatic heterocycles. The number of amides is 1. The van der Waals surface area contributed by atoms with Gasteiger partial charge in [0.15, 0.2) is 15.9 Å². The maximum Gasteiger partial charge on any atom is 0.339 e. The molecule has 7 nitrogen and oxygen atoms in total. The fourth-order valence-electron chi connectivity index (χ4n) is 2.77. The van der Waals surface area contributed by atoms with Crippen LogP contribution in [0, 0.1) is 6.92 Å². The normalized spacial score (nSPS) is 19.9. The van der Waals surface area contributed by atoms with E-state index in [1.165, 1.54) is 26.0 Å². The summed E-state index contributed by atoms with van der Waals surface area (Å²) in [5.41, 5.74) is 1.17. The van der Waals surface area contributed by atoms with E-state index in [1.807, 2.05) is 6.92 Å². The van der Waals surface area contributed by atoms with E-state index in [9.17, 15) is 18.0 Å². The van der Waals surface area contributed by atoms with Crippen molar-refractivity contribution in [2.75, 3.05) is 25.7 Å². The Balaban J connectivity index is 2.02. The molecule has 0 saturated carbocycles. The molecule has 0 radical (unpaired) electrons. The zero-order valence-electron chi connectivity index (χ0n) is 14.8. The van der Waals surface area contributed by atoms with E-state index < -0.39 is 27.8 Å². The summed E-state index contributed by atoms with van der Waals surface area (Å²) < 4.78 is 33.5. The van der Waals surface area contributed by atoms with Crippen LogP contribution in [0.3, 0.4) is 0 Å². The largest absolute Gasteiger partial charge is 0.496 e. The molecule has 1 aliphatic rings. The van der Waals surface area contributed by atoms with E-state index >= 15 is 0 Å². The highest BCUT2D eigenvalue weighted by Crippen LogP contribution is 2.21. The Morgan fingerprint density at radius 1 is 1.32 bits per heavy atom. The Bertz CT molecular complexity index is 773. The minimum atomic E-state index is -3.09. The number of carbonyl (C=O) groups is 2. The minimum Gasteiger partial charge on any atom is -0.496 e. The molecule has 2 atom stereocenters. The summed E-state index contributed by atoms with van der Waals surface area (Å²) in [7, 11) is -0.0501. The lowest BCUT2D eigenvalue weighted by Gasteiger charge is -2.26. The molecule has 8 heteroatoms. The van der Waals surface area contributed by atoms with Gasteiger partial charge >= 0.3 is 5.97 Å². The molecule has 25 heavy (non-hydrogen) atoms. The van der Waals surface area contributed by atoms with Crippen molar-refractivity contribution >= 4 is 21.7 Å². The van der Waals surface area contributed by atoms with Crippen molar-refractivity contribution in [1.29, 1.82) is 0 Å². The Labute approximate surface area is 147 Å². The van der Waals surface area contributed by atoms with Gasteiger partial charge in [0, 0.05) is 13.1 Å². The molecular weight excluding hydrogens is 346 g/mol. The standard InChI is InChI=1S/C17H23NO6S/c1-11-5-6-13(9-15(11)23-4)17(20)24-12(2)16(19)18(3)14-7-8-25(21,22)10-14/h5-6,9,12,14H,7-8,10H2,1-4H3/t12-,14+/m0/s1. The highest BCUT2D eigenvalue weighted by molar-refractivity contribution is 7.91. The number of rotatable bonds is 5. The SMILES string of the molecule is COc1cc(C(=O)O[C@@H](C)C(=O)N(C)[C@@H]2CCS(=O)(=O)C2)ccc1C. The van der Waals surface area contributed by atoms with Crippen molar-refractivity contribution in [1.82, 2.24) is 4.90 Å². The van der Waals surface area contributed by atoms with E-state index in [0.717, 1.165) is 5.56 Å². The van der Waals surface area contributed by atoms with E-state index in [4.69, 9.17) is 9.47 Å². The van der Waals surface area contributed by atoms with Gasteiger partial charge in [-0.15, -0.1) is 0 Å². The van der Waals surface area contributed by atoms with Gasteiger partial charge in [0.2, 0.25) is 0 Å². The molecule has 1 aromatic rings. The quantitative estimate of drug-likeness (QED) is 0.725. The second-order valence-corrected chi connectivity index (χ2v) is 8.47. The van der Waals surface area contributed by atoms with Gasteiger partial charge in [-0.05, 0) is 38.0 Å². The van der Waals surface area contributed by atoms with Crippen molar-refractivity contribution in [2.24, 2.45) is 0 Å². The molecule has 0 aromatic heterocycles. The summed E-state index contributed by atoms with van der Waals surface area (Å²) in [6.45, 7) is 3.33. The second-order valence-electron chi connectivity index (χ2n) is 6.24. The van der Waals surface area contributed by atoms with Crippen LogP contribution < -0.4 is 4.74 Å². The Hall–Kier alpha value is -2.09. The number of carbonyl (C=O) groups excluding carboxylic acids is 2. The number of nitrogens with zero attached hydrogens (tertiary/aromatic N) is 1. The van der Waals surface area contributed by atoms with E-state index in [1.54, 1.807) is 18.2 Å². The number of hydrogen-bond acceptors (Lipinski definition) is 6. The first-order valence-corrected chi connectivity index (χ1v) is 9.79. The summed E-state index contributed by atoms with van der Waals surface area (Å²) in [4.78, 5) is 26.0. The van der Waals surface area contributed by atoms with Crippen LogP contribution in [0.25, 0.3) is 0 Å². The average Bonchev–Trinajstić information content (AvgIpc) is 2.93. The zero-order valence-corrected chi connectivity index (χ0v) is 15.6. The molecule has 1 aromatic carbocycles. The van der Waals surface area contributed by atoms with Gasteiger partial charge in [-0.2, -0.15) is 0 Å². The first-order chi connectivity index (χ1) is 11.6. The summed E-state index contributed by atoms with van der Waals surface area (Å²) >= 11 is 0. The smallest absolute Gasteiger partial charge is 0.339 e. The van der Waals surface area contributed by atoms with Gasteiger partial charge in [-0.25, -0.2) is 13.2 Å². The number of hydrogen-bond donors (Lipinski definition) is 0. The first-order valence-electron chi connectivity index (χ1n) is 7.97. The number of methoxy groups -OCH3 is 1. The lowest BCUT2D eigenvalue weighted by Crippen LogP contribution is -2.44. The lowest BCUT2D eigenvalue weighted by atomic mass is 10.1. The Morgan fingerprint density at radius 2 is 2.00 bits per heavy atom. The monoisotopic (exact) mass is 369 g/mol. The number of likely N-dealkylation sites (N-methyl/N-ethyl adjacent to an activating group) is 1. The van der Waals surface area contributed by atoms with E-state index in [0.29, 0.717) is 12.2 Å². The van der Waals surface area contributed by atoms with Crippen molar-refractivity contribution < 1.29 is 27.5 Å². The first kappa shape index (κ1) is 19.2. The van der Waals surface area contributed by atoms with Crippen molar-refractivity contribution in [2.45, 2.75) is 32.4 Å². The lowest BCUT2D eigenvalue weighted by molar-refractivity contribution is -0.140. The van der Waals surface area contributed by atoms with Gasteiger partial charge in [0.25, 0.3) is 5.91 Å². The Kier molecular flexibility index (Phi) is 5.72. The van der Waals surface area contributed by atoms with E-state index in [2.05, 4.69) is 0 Å². The second kappa shape index (κ2) is 7.43. The number of esters is 1. The van der Waals surface area contributed by atoms with Gasteiger partial charge < -0.3 is 14.4 Å². The summed E-state index contributed by atoms with van der Waals surface area (Å²) in [5.74, 6) is -0.472. The molecule has 0 bridgehead atoms. The number of aryl methyl sites for hydroxylation is 1. The third-order valence-electron chi connectivity index (χ3n) is 4.38. The molecule has 138 valence electrons. The average molecular weight is 369 g/mol. The van der Waals surface area contributed by atoms with Crippen molar-refractivity contribution in [3.8, 4) is 5.75 Å². The van der Waals surface area contributed by atoms with Crippen LogP contribution >= 0.6 is 0 Å². The molecule has 1 heterocycles. The molecule has 0 N–H and O–H groups in total. The Morgan fingerprint density at radius 3 is 2.56 bits per heavy atom. The summed E-state index contributed by atoms with van der Waals surface area (Å²) in [6.07, 6.45) is -0.603. The summed E-state index contributed by atoms with van der Waals surface area (Å²) in [5, 5.41) is 0. The molecule has 0 unspecified atom stereocenters. The molecule has 1 fully saturated rings. The fraction of sp³-hybridized carbons (Fsp3) is 0.529. The molecule has 0 aliphatic carbocycles. The number of sulfone groups is 1. The zero-order chi connectivity index (χ0) is 18.8. The van der Waals surface area contributed by atoms with Crippen LogP contribution in [-0.4, -0.2) is 63.0 Å². The molecule has 2 rings (SSSR count).